The second-order valence-electron chi connectivity index (χ2n) is 6.76. The third kappa shape index (κ3) is 2.77. The molecule has 5 rings (SSSR count). The zero-order valence-corrected chi connectivity index (χ0v) is 14.9. The number of hydrogen-bond donors (Lipinski definition) is 1. The van der Waals surface area contributed by atoms with Crippen molar-refractivity contribution in [2.24, 2.45) is 0 Å². The highest BCUT2D eigenvalue weighted by Gasteiger charge is 2.12. The summed E-state index contributed by atoms with van der Waals surface area (Å²) in [5, 5.41) is 13.1. The maximum Gasteiger partial charge on any atom is 0.201 e. The Morgan fingerprint density at radius 3 is 2.64 bits per heavy atom. The number of nitrogens with zero attached hydrogens (tertiary/aromatic N) is 3. The summed E-state index contributed by atoms with van der Waals surface area (Å²) in [6.07, 6.45) is 6.96. The second-order valence-corrected chi connectivity index (χ2v) is 6.76. The van der Waals surface area contributed by atoms with E-state index < -0.39 is 0 Å². The standard InChI is InChI=1S/C23H16FN3O/c24-21-11-16(15-3-5-18-12-25-9-7-17(18)10-15)4-6-19(21)13-27-14-22-20(23(27)28)2-1-8-26-22/h1-12,14,28H,13H2. The predicted molar refractivity (Wildman–Crippen MR) is 108 cm³/mol. The lowest BCUT2D eigenvalue weighted by atomic mass is 10.0. The molecule has 0 saturated carbocycles. The molecule has 0 saturated heterocycles. The first-order valence-electron chi connectivity index (χ1n) is 8.94. The van der Waals surface area contributed by atoms with Crippen molar-refractivity contribution in [1.29, 1.82) is 0 Å². The van der Waals surface area contributed by atoms with Crippen LogP contribution in [-0.2, 0) is 6.54 Å². The molecule has 0 unspecified atom stereocenters. The quantitative estimate of drug-likeness (QED) is 0.479. The highest BCUT2D eigenvalue weighted by Crippen LogP contribution is 2.29. The highest BCUT2D eigenvalue weighted by atomic mass is 19.1. The molecule has 136 valence electrons. The largest absolute Gasteiger partial charge is 0.494 e. The van der Waals surface area contributed by atoms with E-state index in [1.807, 2.05) is 36.5 Å². The van der Waals surface area contributed by atoms with E-state index in [2.05, 4.69) is 9.97 Å². The average Bonchev–Trinajstić information content (AvgIpc) is 3.05. The Kier molecular flexibility index (Phi) is 3.79. The fourth-order valence-electron chi connectivity index (χ4n) is 3.49. The summed E-state index contributed by atoms with van der Waals surface area (Å²) >= 11 is 0. The first kappa shape index (κ1) is 16.4. The van der Waals surface area contributed by atoms with E-state index in [0.717, 1.165) is 21.9 Å². The maximum atomic E-state index is 14.8. The fourth-order valence-corrected chi connectivity index (χ4v) is 3.49. The lowest BCUT2D eigenvalue weighted by Crippen LogP contribution is -2.00. The molecule has 2 aromatic carbocycles. The summed E-state index contributed by atoms with van der Waals surface area (Å²) in [7, 11) is 0. The molecule has 0 spiro atoms. The van der Waals surface area contributed by atoms with Crippen molar-refractivity contribution in [3.8, 4) is 17.0 Å². The van der Waals surface area contributed by atoms with Crippen molar-refractivity contribution >= 4 is 21.7 Å². The molecule has 0 radical (unpaired) electrons. The second kappa shape index (κ2) is 6.46. The van der Waals surface area contributed by atoms with Crippen LogP contribution in [0.25, 0.3) is 32.8 Å². The van der Waals surface area contributed by atoms with E-state index in [9.17, 15) is 9.50 Å². The Morgan fingerprint density at radius 1 is 0.929 bits per heavy atom. The topological polar surface area (TPSA) is 50.9 Å². The van der Waals surface area contributed by atoms with E-state index in [1.165, 1.54) is 6.07 Å². The van der Waals surface area contributed by atoms with Crippen LogP contribution in [0.2, 0.25) is 0 Å². The number of aromatic nitrogens is 3. The van der Waals surface area contributed by atoms with Gasteiger partial charge in [0.2, 0.25) is 5.88 Å². The third-order valence-electron chi connectivity index (χ3n) is 5.00. The summed E-state index contributed by atoms with van der Waals surface area (Å²) < 4.78 is 16.4. The normalized spacial score (nSPS) is 11.3. The SMILES string of the molecule is Oc1c2cccnc2cn1Cc1ccc(-c2ccc3cnccc3c2)cc1F. The number of benzene rings is 2. The van der Waals surface area contributed by atoms with Crippen LogP contribution in [0.3, 0.4) is 0 Å². The highest BCUT2D eigenvalue weighted by molar-refractivity contribution is 5.86. The molecule has 4 nitrogen and oxygen atoms in total. The van der Waals surface area contributed by atoms with Crippen LogP contribution in [0.15, 0.2) is 79.4 Å². The lowest BCUT2D eigenvalue weighted by molar-refractivity contribution is 0.428. The number of fused-ring (bicyclic) bond motifs is 2. The summed E-state index contributed by atoms with van der Waals surface area (Å²) in [5.74, 6) is -0.216. The van der Waals surface area contributed by atoms with Crippen molar-refractivity contribution < 1.29 is 9.50 Å². The minimum absolute atomic E-state index is 0.0923. The van der Waals surface area contributed by atoms with Crippen molar-refractivity contribution in [2.45, 2.75) is 6.54 Å². The molecule has 0 bridgehead atoms. The van der Waals surface area contributed by atoms with Gasteiger partial charge in [-0.15, -0.1) is 0 Å². The molecule has 0 fully saturated rings. The minimum Gasteiger partial charge on any atom is -0.494 e. The minimum atomic E-state index is -0.308. The van der Waals surface area contributed by atoms with E-state index in [4.69, 9.17) is 0 Å². The smallest absolute Gasteiger partial charge is 0.201 e. The Hall–Kier alpha value is -3.73. The number of rotatable bonds is 3. The molecule has 0 aliphatic heterocycles. The van der Waals surface area contributed by atoms with Crippen molar-refractivity contribution in [1.82, 2.24) is 14.5 Å². The molecular formula is C23H16FN3O. The van der Waals surface area contributed by atoms with Gasteiger partial charge in [-0.3, -0.25) is 9.97 Å². The third-order valence-corrected chi connectivity index (χ3v) is 5.00. The van der Waals surface area contributed by atoms with Gasteiger partial charge in [-0.1, -0.05) is 24.3 Å². The van der Waals surface area contributed by atoms with Crippen LogP contribution in [0.4, 0.5) is 4.39 Å². The van der Waals surface area contributed by atoms with Crippen LogP contribution in [0.5, 0.6) is 5.88 Å². The maximum absolute atomic E-state index is 14.8. The Balaban J connectivity index is 1.49. The molecule has 0 atom stereocenters. The molecule has 1 N–H and O–H groups in total. The van der Waals surface area contributed by atoms with Gasteiger partial charge in [0.25, 0.3) is 0 Å². The Bertz CT molecular complexity index is 1330. The van der Waals surface area contributed by atoms with Crippen LogP contribution in [0.1, 0.15) is 5.56 Å². The number of halogens is 1. The van der Waals surface area contributed by atoms with Crippen LogP contribution in [0, 0.1) is 5.82 Å². The molecule has 5 aromatic rings. The summed E-state index contributed by atoms with van der Waals surface area (Å²) in [4.78, 5) is 8.34. The van der Waals surface area contributed by atoms with Gasteiger partial charge >= 0.3 is 0 Å². The van der Waals surface area contributed by atoms with Gasteiger partial charge < -0.3 is 9.67 Å². The molecule has 0 amide bonds. The zero-order chi connectivity index (χ0) is 19.1. The molecule has 3 aromatic heterocycles. The summed E-state index contributed by atoms with van der Waals surface area (Å²) in [5.41, 5.74) is 2.94. The molecule has 0 aliphatic carbocycles. The van der Waals surface area contributed by atoms with E-state index in [0.29, 0.717) is 16.5 Å². The lowest BCUT2D eigenvalue weighted by Gasteiger charge is -2.09. The fraction of sp³-hybridized carbons (Fsp3) is 0.0435. The molecule has 28 heavy (non-hydrogen) atoms. The molecule has 5 heteroatoms. The first-order valence-corrected chi connectivity index (χ1v) is 8.94. The van der Waals surface area contributed by atoms with Crippen LogP contribution < -0.4 is 0 Å². The van der Waals surface area contributed by atoms with Gasteiger partial charge in [-0.05, 0) is 46.8 Å². The first-order chi connectivity index (χ1) is 13.7. The average molecular weight is 369 g/mol. The monoisotopic (exact) mass is 369 g/mol. The zero-order valence-electron chi connectivity index (χ0n) is 14.9. The van der Waals surface area contributed by atoms with Gasteiger partial charge in [0, 0.05) is 35.7 Å². The van der Waals surface area contributed by atoms with E-state index >= 15 is 0 Å². The van der Waals surface area contributed by atoms with Crippen molar-refractivity contribution in [3.05, 3.63) is 90.8 Å². The van der Waals surface area contributed by atoms with Gasteiger partial charge in [0.15, 0.2) is 0 Å². The van der Waals surface area contributed by atoms with Gasteiger partial charge in [0.05, 0.1) is 17.4 Å². The van der Waals surface area contributed by atoms with Gasteiger partial charge in [0.1, 0.15) is 5.82 Å². The van der Waals surface area contributed by atoms with E-state index in [1.54, 1.807) is 41.4 Å². The summed E-state index contributed by atoms with van der Waals surface area (Å²) in [6.45, 7) is 0.234. The molecular weight excluding hydrogens is 353 g/mol. The number of pyridine rings is 2. The van der Waals surface area contributed by atoms with E-state index in [-0.39, 0.29) is 18.2 Å². The Morgan fingerprint density at radius 2 is 1.79 bits per heavy atom. The van der Waals surface area contributed by atoms with Crippen molar-refractivity contribution in [3.63, 3.8) is 0 Å². The Labute approximate surface area is 160 Å². The van der Waals surface area contributed by atoms with Crippen molar-refractivity contribution in [2.75, 3.05) is 0 Å². The predicted octanol–water partition coefficient (Wildman–Crippen LogP) is 5.14. The van der Waals surface area contributed by atoms with Crippen LogP contribution >= 0.6 is 0 Å². The summed E-state index contributed by atoms with van der Waals surface area (Å²) in [6, 6.07) is 16.7. The van der Waals surface area contributed by atoms with Crippen LogP contribution in [-0.4, -0.2) is 19.6 Å². The molecule has 3 heterocycles. The van der Waals surface area contributed by atoms with Gasteiger partial charge in [-0.2, -0.15) is 0 Å². The number of hydrogen-bond acceptors (Lipinski definition) is 3. The number of aromatic hydroxyl groups is 1. The molecule has 0 aliphatic rings. The van der Waals surface area contributed by atoms with Gasteiger partial charge in [-0.25, -0.2) is 4.39 Å².